The number of ether oxygens (including phenoxy) is 1. The van der Waals surface area contributed by atoms with E-state index in [1.807, 2.05) is 16.8 Å². The molecule has 1 N–H and O–H groups in total. The predicted molar refractivity (Wildman–Crippen MR) is 90.0 cm³/mol. The van der Waals surface area contributed by atoms with Crippen LogP contribution in [0.5, 0.6) is 5.75 Å². The summed E-state index contributed by atoms with van der Waals surface area (Å²) in [5, 5.41) is 8.08. The molecule has 0 fully saturated rings. The lowest BCUT2D eigenvalue weighted by Gasteiger charge is -2.13. The highest BCUT2D eigenvalue weighted by Crippen LogP contribution is 2.28. The lowest BCUT2D eigenvalue weighted by Crippen LogP contribution is -2.09. The lowest BCUT2D eigenvalue weighted by atomic mass is 10.2. The Hall–Kier alpha value is -1.49. The van der Waals surface area contributed by atoms with Crippen LogP contribution in [0.3, 0.4) is 0 Å². The molecule has 21 heavy (non-hydrogen) atoms. The van der Waals surface area contributed by atoms with Crippen molar-refractivity contribution in [3.63, 3.8) is 0 Å². The molecule has 0 aliphatic heterocycles. The van der Waals surface area contributed by atoms with Gasteiger partial charge in [0, 0.05) is 6.54 Å². The van der Waals surface area contributed by atoms with Gasteiger partial charge in [0.05, 0.1) is 35.2 Å². The van der Waals surface area contributed by atoms with Gasteiger partial charge in [-0.15, -0.1) is 0 Å². The van der Waals surface area contributed by atoms with Crippen molar-refractivity contribution in [1.82, 2.24) is 9.78 Å². The highest BCUT2D eigenvalue weighted by Gasteiger charge is 2.14. The van der Waals surface area contributed by atoms with Crippen LogP contribution in [0.15, 0.2) is 22.7 Å². The summed E-state index contributed by atoms with van der Waals surface area (Å²) >= 11 is 3.67. The van der Waals surface area contributed by atoms with Gasteiger partial charge in [0.25, 0.3) is 0 Å². The maximum absolute atomic E-state index is 5.41. The number of nitrogens with one attached hydrogen (secondary N) is 1. The van der Waals surface area contributed by atoms with E-state index in [-0.39, 0.29) is 0 Å². The van der Waals surface area contributed by atoms with Crippen molar-refractivity contribution in [3.8, 4) is 5.75 Å². The number of nitrogens with zero attached hydrogens (tertiary/aromatic N) is 2. The first kappa shape index (κ1) is 15.9. The van der Waals surface area contributed by atoms with Gasteiger partial charge in [-0.2, -0.15) is 5.10 Å². The van der Waals surface area contributed by atoms with E-state index >= 15 is 0 Å². The van der Waals surface area contributed by atoms with Crippen molar-refractivity contribution in [2.24, 2.45) is 0 Å². The van der Waals surface area contributed by atoms with Crippen molar-refractivity contribution in [3.05, 3.63) is 39.6 Å². The van der Waals surface area contributed by atoms with E-state index in [4.69, 9.17) is 4.74 Å². The summed E-state index contributed by atoms with van der Waals surface area (Å²) in [6.45, 7) is 7.87. The third kappa shape index (κ3) is 3.40. The van der Waals surface area contributed by atoms with Gasteiger partial charge in [0.2, 0.25) is 0 Å². The highest BCUT2D eigenvalue weighted by atomic mass is 79.9. The maximum Gasteiger partial charge on any atom is 0.141 e. The molecule has 2 aromatic rings. The van der Waals surface area contributed by atoms with E-state index in [1.54, 1.807) is 7.11 Å². The predicted octanol–water partition coefficient (Wildman–Crippen LogP) is 4.16. The molecule has 0 spiro atoms. The normalized spacial score (nSPS) is 10.7. The van der Waals surface area contributed by atoms with Gasteiger partial charge in [-0.25, -0.2) is 0 Å². The zero-order valence-corrected chi connectivity index (χ0v) is 14.6. The number of halogens is 1. The molecule has 0 unspecified atom stereocenters. The van der Waals surface area contributed by atoms with Crippen molar-refractivity contribution in [2.75, 3.05) is 12.4 Å². The van der Waals surface area contributed by atoms with Crippen molar-refractivity contribution in [1.29, 1.82) is 0 Å². The van der Waals surface area contributed by atoms with Crippen LogP contribution in [0.4, 0.5) is 5.69 Å². The highest BCUT2D eigenvalue weighted by molar-refractivity contribution is 9.10. The Labute approximate surface area is 134 Å². The van der Waals surface area contributed by atoms with Crippen LogP contribution < -0.4 is 10.1 Å². The van der Waals surface area contributed by atoms with Gasteiger partial charge >= 0.3 is 0 Å². The molecule has 114 valence electrons. The van der Waals surface area contributed by atoms with E-state index in [9.17, 15) is 0 Å². The Morgan fingerprint density at radius 2 is 2.10 bits per heavy atom. The standard InChI is InChI=1S/C16H22BrN3O/c1-5-12-16(17)14(20(6-2)19-12)10-18-13-9-11(3)7-8-15(13)21-4/h7-9,18H,5-6,10H2,1-4H3. The average Bonchev–Trinajstić information content (AvgIpc) is 2.80. The molecule has 4 nitrogen and oxygen atoms in total. The number of benzene rings is 1. The summed E-state index contributed by atoms with van der Waals surface area (Å²) in [7, 11) is 1.69. The smallest absolute Gasteiger partial charge is 0.141 e. The molecular weight excluding hydrogens is 330 g/mol. The monoisotopic (exact) mass is 351 g/mol. The molecule has 0 aliphatic carbocycles. The molecule has 0 aliphatic rings. The first-order valence-corrected chi connectivity index (χ1v) is 8.02. The second-order valence-corrected chi connectivity index (χ2v) is 5.73. The summed E-state index contributed by atoms with van der Waals surface area (Å²) in [5.41, 5.74) is 4.48. The van der Waals surface area contributed by atoms with E-state index in [1.165, 1.54) is 5.56 Å². The number of hydrogen-bond donors (Lipinski definition) is 1. The zero-order valence-electron chi connectivity index (χ0n) is 13.0. The fourth-order valence-electron chi connectivity index (χ4n) is 2.33. The summed E-state index contributed by atoms with van der Waals surface area (Å²) in [6.07, 6.45) is 0.925. The largest absolute Gasteiger partial charge is 0.495 e. The van der Waals surface area contributed by atoms with Crippen molar-refractivity contribution < 1.29 is 4.74 Å². The lowest BCUT2D eigenvalue weighted by molar-refractivity contribution is 0.416. The topological polar surface area (TPSA) is 39.1 Å². The first-order valence-electron chi connectivity index (χ1n) is 7.23. The van der Waals surface area contributed by atoms with Gasteiger partial charge in [0.15, 0.2) is 0 Å². The fraction of sp³-hybridized carbons (Fsp3) is 0.438. The number of hydrogen-bond acceptors (Lipinski definition) is 3. The number of aromatic nitrogens is 2. The Morgan fingerprint density at radius 1 is 1.33 bits per heavy atom. The first-order chi connectivity index (χ1) is 10.1. The number of rotatable bonds is 6. The van der Waals surface area contributed by atoms with E-state index in [0.717, 1.165) is 40.3 Å². The molecule has 0 bridgehead atoms. The molecule has 0 atom stereocenters. The van der Waals surface area contributed by atoms with E-state index < -0.39 is 0 Å². The summed E-state index contributed by atoms with van der Waals surface area (Å²) < 4.78 is 8.55. The second-order valence-electron chi connectivity index (χ2n) is 4.93. The number of methoxy groups -OCH3 is 1. The van der Waals surface area contributed by atoms with Crippen molar-refractivity contribution in [2.45, 2.75) is 40.3 Å². The number of aryl methyl sites for hydroxylation is 3. The van der Waals surface area contributed by atoms with Crippen LogP contribution in [0, 0.1) is 6.92 Å². The third-order valence-electron chi connectivity index (χ3n) is 3.50. The maximum atomic E-state index is 5.41. The molecule has 0 amide bonds. The minimum absolute atomic E-state index is 0.710. The van der Waals surface area contributed by atoms with Crippen LogP contribution in [0.25, 0.3) is 0 Å². The zero-order chi connectivity index (χ0) is 15.4. The SMILES string of the molecule is CCc1nn(CC)c(CNc2cc(C)ccc2OC)c1Br. The summed E-state index contributed by atoms with van der Waals surface area (Å²) in [5.74, 6) is 0.856. The minimum Gasteiger partial charge on any atom is -0.495 e. The second kappa shape index (κ2) is 6.98. The Balaban J connectivity index is 2.24. The van der Waals surface area contributed by atoms with Gasteiger partial charge in [0.1, 0.15) is 5.75 Å². The van der Waals surface area contributed by atoms with Crippen LogP contribution in [0.1, 0.15) is 30.8 Å². The van der Waals surface area contributed by atoms with Crippen LogP contribution in [-0.4, -0.2) is 16.9 Å². The Morgan fingerprint density at radius 3 is 2.71 bits per heavy atom. The molecule has 2 rings (SSSR count). The van der Waals surface area contributed by atoms with Gasteiger partial charge in [-0.1, -0.05) is 13.0 Å². The molecule has 0 saturated heterocycles. The molecule has 1 aromatic carbocycles. The number of anilines is 1. The average molecular weight is 352 g/mol. The summed E-state index contributed by atoms with van der Waals surface area (Å²) in [6, 6.07) is 6.13. The van der Waals surface area contributed by atoms with Gasteiger partial charge < -0.3 is 10.1 Å². The fourth-order valence-corrected chi connectivity index (χ4v) is 3.03. The third-order valence-corrected chi connectivity index (χ3v) is 4.41. The van der Waals surface area contributed by atoms with Crippen molar-refractivity contribution >= 4 is 21.6 Å². The Bertz CT molecular complexity index is 622. The molecule has 1 aromatic heterocycles. The van der Waals surface area contributed by atoms with E-state index in [0.29, 0.717) is 6.54 Å². The molecule has 0 saturated carbocycles. The van der Waals surface area contributed by atoms with Crippen LogP contribution in [-0.2, 0) is 19.5 Å². The van der Waals surface area contributed by atoms with Crippen LogP contribution in [0.2, 0.25) is 0 Å². The molecular formula is C16H22BrN3O. The van der Waals surface area contributed by atoms with Crippen LogP contribution >= 0.6 is 15.9 Å². The molecule has 0 radical (unpaired) electrons. The molecule has 1 heterocycles. The summed E-state index contributed by atoms with van der Waals surface area (Å²) in [4.78, 5) is 0. The quantitative estimate of drug-likeness (QED) is 0.849. The van der Waals surface area contributed by atoms with E-state index in [2.05, 4.69) is 53.2 Å². The Kier molecular flexibility index (Phi) is 5.28. The van der Waals surface area contributed by atoms with Gasteiger partial charge in [-0.05, 0) is 53.9 Å². The molecule has 5 heteroatoms. The minimum atomic E-state index is 0.710. The van der Waals surface area contributed by atoms with Gasteiger partial charge in [-0.3, -0.25) is 4.68 Å².